The molecule has 3 heterocycles. The van der Waals surface area contributed by atoms with Gasteiger partial charge in [0.2, 0.25) is 11.7 Å². The molecule has 2 aliphatic rings. The van der Waals surface area contributed by atoms with Crippen LogP contribution in [0.4, 0.5) is 0 Å². The molecule has 2 fully saturated rings. The molecule has 8 nitrogen and oxygen atoms in total. The van der Waals surface area contributed by atoms with E-state index in [0.717, 1.165) is 25.9 Å². The van der Waals surface area contributed by atoms with Crippen molar-refractivity contribution in [3.05, 3.63) is 18.4 Å². The molecular weight excluding hydrogens is 312 g/mol. The van der Waals surface area contributed by atoms with Crippen LogP contribution in [0.2, 0.25) is 0 Å². The predicted molar refractivity (Wildman–Crippen MR) is 85.3 cm³/mol. The molecule has 2 aliphatic heterocycles. The number of β-amino-alcohol motifs (C(OH)–C–C–N with tert-alkyl or cyclic N) is 1. The molecule has 3 rings (SSSR count). The van der Waals surface area contributed by atoms with Crippen LogP contribution < -0.4 is 5.32 Å². The lowest BCUT2D eigenvalue weighted by Crippen LogP contribution is -2.50. The fourth-order valence-corrected chi connectivity index (χ4v) is 3.58. The van der Waals surface area contributed by atoms with E-state index in [4.69, 9.17) is 4.42 Å². The van der Waals surface area contributed by atoms with Gasteiger partial charge in [-0.15, -0.1) is 0 Å². The fraction of sp³-hybridized carbons (Fsp3) is 0.688. The van der Waals surface area contributed by atoms with E-state index in [1.54, 1.807) is 4.90 Å². The van der Waals surface area contributed by atoms with Crippen molar-refractivity contribution in [3.8, 4) is 0 Å². The normalized spacial score (nSPS) is 25.8. The second kappa shape index (κ2) is 6.90. The number of likely N-dealkylation sites (tertiary alicyclic amines) is 2. The standard InChI is InChI=1S/C16H24N4O4/c1-12(21)18-13-2-5-19(6-3-13)9-16(23)4-7-20(10-16)15(22)14-8-17-11-24-14/h8,11,13,23H,2-7,9-10H2,1H3,(H,18,21). The molecule has 0 saturated carbocycles. The summed E-state index contributed by atoms with van der Waals surface area (Å²) in [5.41, 5.74) is -0.892. The Hall–Kier alpha value is -1.93. The number of hydrogen-bond acceptors (Lipinski definition) is 6. The van der Waals surface area contributed by atoms with E-state index in [1.807, 2.05) is 0 Å². The molecule has 1 unspecified atom stereocenters. The maximum absolute atomic E-state index is 12.3. The van der Waals surface area contributed by atoms with Gasteiger partial charge in [0.25, 0.3) is 5.91 Å². The van der Waals surface area contributed by atoms with Crippen LogP contribution in [0.5, 0.6) is 0 Å². The van der Waals surface area contributed by atoms with Crippen molar-refractivity contribution in [2.45, 2.75) is 37.8 Å². The lowest BCUT2D eigenvalue weighted by atomic mass is 9.99. The van der Waals surface area contributed by atoms with E-state index in [1.165, 1.54) is 19.5 Å². The highest BCUT2D eigenvalue weighted by molar-refractivity contribution is 5.91. The highest BCUT2D eigenvalue weighted by Gasteiger charge is 2.40. The van der Waals surface area contributed by atoms with E-state index in [2.05, 4.69) is 15.2 Å². The van der Waals surface area contributed by atoms with Gasteiger partial charge in [0.05, 0.1) is 18.3 Å². The van der Waals surface area contributed by atoms with Gasteiger partial charge in [-0.2, -0.15) is 0 Å². The summed E-state index contributed by atoms with van der Waals surface area (Å²) in [6.45, 7) is 4.57. The number of carbonyl (C=O) groups is 2. The molecule has 132 valence electrons. The summed E-state index contributed by atoms with van der Waals surface area (Å²) in [5, 5.41) is 13.8. The predicted octanol–water partition coefficient (Wildman–Crippen LogP) is -0.148. The summed E-state index contributed by atoms with van der Waals surface area (Å²) in [7, 11) is 0. The first-order valence-electron chi connectivity index (χ1n) is 8.35. The quantitative estimate of drug-likeness (QED) is 0.793. The van der Waals surface area contributed by atoms with Crippen LogP contribution in [0, 0.1) is 0 Å². The van der Waals surface area contributed by atoms with Crippen LogP contribution in [0.15, 0.2) is 17.0 Å². The molecule has 0 aliphatic carbocycles. The number of aliphatic hydroxyl groups is 1. The first-order chi connectivity index (χ1) is 11.5. The molecule has 2 amide bonds. The SMILES string of the molecule is CC(=O)NC1CCN(CC2(O)CCN(C(=O)c3cnco3)C2)CC1. The summed E-state index contributed by atoms with van der Waals surface area (Å²) in [6, 6.07) is 0.224. The van der Waals surface area contributed by atoms with Gasteiger partial charge in [0, 0.05) is 39.1 Å². The van der Waals surface area contributed by atoms with Gasteiger partial charge >= 0.3 is 0 Å². The zero-order chi connectivity index (χ0) is 17.2. The lowest BCUT2D eigenvalue weighted by Gasteiger charge is -2.36. The average Bonchev–Trinajstić information content (AvgIpc) is 3.18. The molecule has 0 aromatic carbocycles. The van der Waals surface area contributed by atoms with Crippen molar-refractivity contribution in [2.24, 2.45) is 0 Å². The van der Waals surface area contributed by atoms with Crippen LogP contribution in [0.3, 0.4) is 0 Å². The molecule has 2 saturated heterocycles. The van der Waals surface area contributed by atoms with Gasteiger partial charge in [-0.05, 0) is 19.3 Å². The Morgan fingerprint density at radius 2 is 2.17 bits per heavy atom. The van der Waals surface area contributed by atoms with Crippen molar-refractivity contribution in [1.82, 2.24) is 20.1 Å². The van der Waals surface area contributed by atoms with Crippen molar-refractivity contribution in [1.29, 1.82) is 0 Å². The number of hydrogen-bond donors (Lipinski definition) is 2. The van der Waals surface area contributed by atoms with E-state index < -0.39 is 5.60 Å². The Kier molecular flexibility index (Phi) is 4.86. The number of oxazole rings is 1. The van der Waals surface area contributed by atoms with Gasteiger partial charge < -0.3 is 24.6 Å². The maximum atomic E-state index is 12.3. The van der Waals surface area contributed by atoms with Gasteiger partial charge in [-0.1, -0.05) is 0 Å². The minimum Gasteiger partial charge on any atom is -0.438 e. The molecule has 2 N–H and O–H groups in total. The Morgan fingerprint density at radius 1 is 1.42 bits per heavy atom. The number of aromatic nitrogens is 1. The molecule has 1 aromatic rings. The Bertz CT molecular complexity index is 583. The summed E-state index contributed by atoms with van der Waals surface area (Å²) in [4.78, 5) is 30.9. The topological polar surface area (TPSA) is 98.9 Å². The fourth-order valence-electron chi connectivity index (χ4n) is 3.58. The van der Waals surface area contributed by atoms with Gasteiger partial charge in [-0.25, -0.2) is 4.98 Å². The molecule has 0 radical (unpaired) electrons. The molecule has 0 bridgehead atoms. The third-order valence-corrected chi connectivity index (χ3v) is 4.78. The van der Waals surface area contributed by atoms with Crippen molar-refractivity contribution >= 4 is 11.8 Å². The highest BCUT2D eigenvalue weighted by atomic mass is 16.3. The van der Waals surface area contributed by atoms with E-state index in [-0.39, 0.29) is 23.6 Å². The summed E-state index contributed by atoms with van der Waals surface area (Å²) < 4.78 is 5.04. The van der Waals surface area contributed by atoms with Gasteiger partial charge in [0.1, 0.15) is 0 Å². The van der Waals surface area contributed by atoms with Crippen molar-refractivity contribution < 1.29 is 19.1 Å². The maximum Gasteiger partial charge on any atom is 0.291 e. The lowest BCUT2D eigenvalue weighted by molar-refractivity contribution is -0.120. The van der Waals surface area contributed by atoms with Gasteiger partial charge in [0.15, 0.2) is 6.39 Å². The van der Waals surface area contributed by atoms with E-state index in [9.17, 15) is 14.7 Å². The monoisotopic (exact) mass is 336 g/mol. The Labute approximate surface area is 140 Å². The number of nitrogens with one attached hydrogen (secondary N) is 1. The third kappa shape index (κ3) is 3.93. The number of piperidine rings is 1. The van der Waals surface area contributed by atoms with Crippen LogP contribution in [0.25, 0.3) is 0 Å². The first kappa shape index (κ1) is 16.9. The zero-order valence-electron chi connectivity index (χ0n) is 13.9. The molecule has 1 atom stereocenters. The van der Waals surface area contributed by atoms with Gasteiger partial charge in [-0.3, -0.25) is 9.59 Å². The summed E-state index contributed by atoms with van der Waals surface area (Å²) in [5.74, 6) is -0.0207. The molecule has 1 aromatic heterocycles. The number of nitrogens with zero attached hydrogens (tertiary/aromatic N) is 3. The smallest absolute Gasteiger partial charge is 0.291 e. The molecule has 8 heteroatoms. The van der Waals surface area contributed by atoms with Crippen molar-refractivity contribution in [3.63, 3.8) is 0 Å². The first-order valence-corrected chi connectivity index (χ1v) is 8.35. The van der Waals surface area contributed by atoms with E-state index in [0.29, 0.717) is 26.1 Å². The Balaban J connectivity index is 1.49. The number of carbonyl (C=O) groups excluding carboxylic acids is 2. The minimum absolute atomic E-state index is 0.00411. The van der Waals surface area contributed by atoms with E-state index >= 15 is 0 Å². The highest BCUT2D eigenvalue weighted by Crippen LogP contribution is 2.25. The summed E-state index contributed by atoms with van der Waals surface area (Å²) in [6.07, 6.45) is 4.95. The molecule has 24 heavy (non-hydrogen) atoms. The largest absolute Gasteiger partial charge is 0.438 e. The number of amides is 2. The van der Waals surface area contributed by atoms with Crippen LogP contribution in [-0.2, 0) is 4.79 Å². The van der Waals surface area contributed by atoms with Crippen molar-refractivity contribution in [2.75, 3.05) is 32.7 Å². The minimum atomic E-state index is -0.892. The second-order valence-electron chi connectivity index (χ2n) is 6.82. The average molecular weight is 336 g/mol. The van der Waals surface area contributed by atoms with Crippen LogP contribution in [0.1, 0.15) is 36.7 Å². The molecule has 0 spiro atoms. The second-order valence-corrected chi connectivity index (χ2v) is 6.82. The summed E-state index contributed by atoms with van der Waals surface area (Å²) >= 11 is 0. The zero-order valence-corrected chi connectivity index (χ0v) is 13.9. The third-order valence-electron chi connectivity index (χ3n) is 4.78. The van der Waals surface area contributed by atoms with Crippen LogP contribution in [-0.4, -0.2) is 76.1 Å². The van der Waals surface area contributed by atoms with Crippen LogP contribution >= 0.6 is 0 Å². The Morgan fingerprint density at radius 3 is 2.79 bits per heavy atom. The number of rotatable bonds is 4. The molecular formula is C16H24N4O4.